The van der Waals surface area contributed by atoms with E-state index in [-0.39, 0.29) is 12.2 Å². The van der Waals surface area contributed by atoms with E-state index in [1.165, 1.54) is 13.3 Å². The number of benzene rings is 3. The third-order valence-corrected chi connectivity index (χ3v) is 6.27. The molecular formula is C27H29NO5S. The van der Waals surface area contributed by atoms with Crippen LogP contribution in [0.4, 0.5) is 0 Å². The van der Waals surface area contributed by atoms with Crippen molar-refractivity contribution in [2.24, 2.45) is 4.40 Å². The minimum absolute atomic E-state index is 0.253. The standard InChI is InChI=1S/C27H29NO5S/c1-19-24(26(29)33-22-14-10-7-11-15-22)23(32-18-20-12-8-6-9-13-20)16-21(25(19)31-5)17-28-34(30)27(2,3)4/h6-17H,18H2,1-5H3. The lowest BCUT2D eigenvalue weighted by molar-refractivity contribution is 0.0728. The summed E-state index contributed by atoms with van der Waals surface area (Å²) < 4.78 is 33.4. The number of rotatable bonds is 8. The lowest BCUT2D eigenvalue weighted by Crippen LogP contribution is -2.25. The largest absolute Gasteiger partial charge is 0.591 e. The second kappa shape index (κ2) is 11.2. The van der Waals surface area contributed by atoms with Gasteiger partial charge in [0.2, 0.25) is 0 Å². The minimum atomic E-state index is -1.45. The average molecular weight is 480 g/mol. The zero-order valence-corrected chi connectivity index (χ0v) is 20.8. The van der Waals surface area contributed by atoms with E-state index in [1.807, 2.05) is 57.2 Å². The molecule has 3 aromatic rings. The van der Waals surface area contributed by atoms with Gasteiger partial charge < -0.3 is 18.8 Å². The number of carbonyl (C=O) groups is 1. The third-order valence-electron chi connectivity index (χ3n) is 4.92. The van der Waals surface area contributed by atoms with Crippen LogP contribution in [0, 0.1) is 6.92 Å². The summed E-state index contributed by atoms with van der Waals surface area (Å²) in [5, 5.41) is 0. The summed E-state index contributed by atoms with van der Waals surface area (Å²) in [6.45, 7) is 7.55. The van der Waals surface area contributed by atoms with E-state index in [0.717, 1.165) is 5.56 Å². The fraction of sp³-hybridized carbons (Fsp3) is 0.259. The molecule has 0 N–H and O–H groups in total. The van der Waals surface area contributed by atoms with Gasteiger partial charge in [0.1, 0.15) is 45.5 Å². The number of esters is 1. The number of ether oxygens (including phenoxy) is 3. The van der Waals surface area contributed by atoms with Crippen LogP contribution in [-0.2, 0) is 18.0 Å². The lowest BCUT2D eigenvalue weighted by Gasteiger charge is -2.19. The topological polar surface area (TPSA) is 80.2 Å². The molecule has 0 radical (unpaired) electrons. The van der Waals surface area contributed by atoms with Crippen molar-refractivity contribution in [3.05, 3.63) is 89.0 Å². The Balaban J connectivity index is 2.04. The van der Waals surface area contributed by atoms with Gasteiger partial charge in [0.05, 0.1) is 13.3 Å². The molecule has 34 heavy (non-hydrogen) atoms. The second-order valence-electron chi connectivity index (χ2n) is 8.57. The molecule has 0 aliphatic heterocycles. The molecule has 6 nitrogen and oxygen atoms in total. The summed E-state index contributed by atoms with van der Waals surface area (Å²) in [5.41, 5.74) is 2.29. The van der Waals surface area contributed by atoms with Gasteiger partial charge in [-0.25, -0.2) is 4.79 Å². The Labute approximate surface area is 203 Å². The van der Waals surface area contributed by atoms with E-state index in [2.05, 4.69) is 4.40 Å². The molecule has 178 valence electrons. The lowest BCUT2D eigenvalue weighted by atomic mass is 10.0. The van der Waals surface area contributed by atoms with Crippen molar-refractivity contribution < 1.29 is 23.6 Å². The van der Waals surface area contributed by atoms with Gasteiger partial charge in [0.25, 0.3) is 0 Å². The first kappa shape index (κ1) is 25.3. The Morgan fingerprint density at radius 1 is 1.06 bits per heavy atom. The summed E-state index contributed by atoms with van der Waals surface area (Å²) >= 11 is -1.45. The normalized spacial score (nSPS) is 12.4. The van der Waals surface area contributed by atoms with E-state index in [4.69, 9.17) is 14.2 Å². The molecule has 3 rings (SSSR count). The maximum absolute atomic E-state index is 13.2. The van der Waals surface area contributed by atoms with Crippen LogP contribution in [0.25, 0.3) is 0 Å². The summed E-state index contributed by atoms with van der Waals surface area (Å²) in [5.74, 6) is 0.616. The molecule has 0 amide bonds. The number of nitrogens with zero attached hydrogens (tertiary/aromatic N) is 1. The van der Waals surface area contributed by atoms with Gasteiger partial charge in [0, 0.05) is 11.1 Å². The van der Waals surface area contributed by atoms with Crippen molar-refractivity contribution in [3.8, 4) is 17.2 Å². The predicted octanol–water partition coefficient (Wildman–Crippen LogP) is 5.68. The fourth-order valence-corrected chi connectivity index (χ4v) is 3.70. The number of carbonyl (C=O) groups excluding carboxylic acids is 1. The van der Waals surface area contributed by atoms with Gasteiger partial charge in [-0.15, -0.1) is 0 Å². The van der Waals surface area contributed by atoms with Crippen molar-refractivity contribution in [2.45, 2.75) is 39.0 Å². The summed E-state index contributed by atoms with van der Waals surface area (Å²) in [6.07, 6.45) is 1.49. The molecular weight excluding hydrogens is 450 g/mol. The van der Waals surface area contributed by atoms with Gasteiger partial charge >= 0.3 is 5.97 Å². The summed E-state index contributed by atoms with van der Waals surface area (Å²) in [7, 11) is 1.51. The van der Waals surface area contributed by atoms with E-state index in [9.17, 15) is 9.35 Å². The molecule has 0 heterocycles. The molecule has 0 aromatic heterocycles. The SMILES string of the molecule is COc1c(C=N[S+]([O-])C(C)(C)C)cc(OCc2ccccc2)c(C(=O)Oc2ccccc2)c1C. The molecule has 0 bridgehead atoms. The first-order chi connectivity index (χ1) is 16.2. The zero-order chi connectivity index (χ0) is 24.7. The highest BCUT2D eigenvalue weighted by atomic mass is 32.2. The summed E-state index contributed by atoms with van der Waals surface area (Å²) in [4.78, 5) is 13.2. The Morgan fingerprint density at radius 3 is 2.26 bits per heavy atom. The number of methoxy groups -OCH3 is 1. The molecule has 0 aliphatic carbocycles. The van der Waals surface area contributed by atoms with Crippen molar-refractivity contribution in [3.63, 3.8) is 0 Å². The Hall–Kier alpha value is -3.29. The van der Waals surface area contributed by atoms with Crippen LogP contribution in [0.3, 0.4) is 0 Å². The molecule has 0 saturated heterocycles. The summed E-state index contributed by atoms with van der Waals surface area (Å²) in [6, 6.07) is 20.1. The highest BCUT2D eigenvalue weighted by Gasteiger charge is 2.27. The van der Waals surface area contributed by atoms with Crippen molar-refractivity contribution in [2.75, 3.05) is 7.11 Å². The van der Waals surface area contributed by atoms with Crippen molar-refractivity contribution in [1.29, 1.82) is 0 Å². The molecule has 3 aromatic carbocycles. The molecule has 0 aliphatic rings. The molecule has 0 saturated carbocycles. The van der Waals surface area contributed by atoms with Crippen LogP contribution in [-0.4, -0.2) is 28.6 Å². The van der Waals surface area contributed by atoms with Crippen molar-refractivity contribution >= 4 is 23.5 Å². The van der Waals surface area contributed by atoms with Gasteiger partial charge in [-0.2, -0.15) is 0 Å². The van der Waals surface area contributed by atoms with Crippen molar-refractivity contribution in [1.82, 2.24) is 0 Å². The Bertz CT molecular complexity index is 1140. The van der Waals surface area contributed by atoms with E-state index >= 15 is 0 Å². The number of hydrogen-bond donors (Lipinski definition) is 0. The average Bonchev–Trinajstić information content (AvgIpc) is 2.81. The predicted molar refractivity (Wildman–Crippen MR) is 135 cm³/mol. The maximum Gasteiger partial charge on any atom is 0.347 e. The smallest absolute Gasteiger partial charge is 0.347 e. The van der Waals surface area contributed by atoms with Gasteiger partial charge in [-0.3, -0.25) is 0 Å². The van der Waals surface area contributed by atoms with Crippen LogP contribution in [0.15, 0.2) is 71.1 Å². The molecule has 0 fully saturated rings. The first-order valence-corrected chi connectivity index (χ1v) is 11.9. The van der Waals surface area contributed by atoms with Crippen LogP contribution in [0.1, 0.15) is 47.8 Å². The van der Waals surface area contributed by atoms with Gasteiger partial charge in [-0.1, -0.05) is 52.9 Å². The molecule has 1 unspecified atom stereocenters. The Morgan fingerprint density at radius 2 is 1.68 bits per heavy atom. The van der Waals surface area contributed by atoms with E-state index < -0.39 is 22.1 Å². The zero-order valence-electron chi connectivity index (χ0n) is 20.0. The number of hydrogen-bond acceptors (Lipinski definition) is 6. The highest BCUT2D eigenvalue weighted by molar-refractivity contribution is 7.91. The fourth-order valence-electron chi connectivity index (χ4n) is 3.17. The molecule has 7 heteroatoms. The second-order valence-corrected chi connectivity index (χ2v) is 10.5. The van der Waals surface area contributed by atoms with Crippen LogP contribution in [0.5, 0.6) is 17.2 Å². The quantitative estimate of drug-likeness (QED) is 0.180. The monoisotopic (exact) mass is 479 g/mol. The molecule has 0 spiro atoms. The third kappa shape index (κ3) is 6.40. The number of para-hydroxylation sites is 1. The molecule has 1 atom stereocenters. The van der Waals surface area contributed by atoms with E-state index in [1.54, 1.807) is 37.3 Å². The van der Waals surface area contributed by atoms with Crippen LogP contribution >= 0.6 is 0 Å². The van der Waals surface area contributed by atoms with Crippen LogP contribution in [0.2, 0.25) is 0 Å². The maximum atomic E-state index is 13.2. The Kier molecular flexibility index (Phi) is 8.36. The van der Waals surface area contributed by atoms with E-state index in [0.29, 0.717) is 28.4 Å². The van der Waals surface area contributed by atoms with Crippen LogP contribution < -0.4 is 14.2 Å². The van der Waals surface area contributed by atoms with Gasteiger partial charge in [-0.05, 0) is 51.5 Å². The van der Waals surface area contributed by atoms with Gasteiger partial charge in [0.15, 0.2) is 0 Å². The minimum Gasteiger partial charge on any atom is -0.591 e. The highest BCUT2D eigenvalue weighted by Crippen LogP contribution is 2.35. The first-order valence-electron chi connectivity index (χ1n) is 10.8.